The molecule has 1 aliphatic rings. The molecule has 0 saturated carbocycles. The molecule has 2 nitrogen and oxygen atoms in total. The van der Waals surface area contributed by atoms with Gasteiger partial charge in [0.2, 0.25) is 0 Å². The molecular weight excluding hydrogens is 236 g/mol. The molecule has 2 aromatic rings. The van der Waals surface area contributed by atoms with Crippen LogP contribution in [-0.2, 0) is 6.42 Å². The molecule has 0 N–H and O–H groups in total. The Morgan fingerprint density at radius 3 is 2.26 bits per heavy atom. The molecule has 0 saturated heterocycles. The minimum Gasteiger partial charge on any atom is -0.289 e. The zero-order chi connectivity index (χ0) is 13.2. The van der Waals surface area contributed by atoms with Crippen molar-refractivity contribution in [1.29, 1.82) is 0 Å². The normalized spacial score (nSPS) is 13.5. The van der Waals surface area contributed by atoms with Gasteiger partial charge in [-0.1, -0.05) is 48.5 Å². The van der Waals surface area contributed by atoms with E-state index in [4.69, 9.17) is 0 Å². The van der Waals surface area contributed by atoms with Crippen molar-refractivity contribution >= 4 is 11.6 Å². The van der Waals surface area contributed by atoms with Crippen LogP contribution in [0.3, 0.4) is 0 Å². The fourth-order valence-corrected chi connectivity index (χ4v) is 2.38. The molecule has 0 unspecified atom stereocenters. The molecule has 0 bridgehead atoms. The lowest BCUT2D eigenvalue weighted by Crippen LogP contribution is -2.14. The number of fused-ring (bicyclic) bond motifs is 1. The Bertz CT molecular complexity index is 682. The van der Waals surface area contributed by atoms with E-state index in [1.165, 1.54) is 12.2 Å². The van der Waals surface area contributed by atoms with E-state index in [0.717, 1.165) is 11.1 Å². The van der Waals surface area contributed by atoms with E-state index >= 15 is 0 Å². The lowest BCUT2D eigenvalue weighted by Gasteiger charge is -2.14. The number of hydrogen-bond donors (Lipinski definition) is 0. The van der Waals surface area contributed by atoms with Gasteiger partial charge in [-0.2, -0.15) is 0 Å². The molecule has 0 aromatic heterocycles. The second-order valence-corrected chi connectivity index (χ2v) is 4.56. The number of rotatable bonds is 2. The predicted molar refractivity (Wildman–Crippen MR) is 73.5 cm³/mol. The van der Waals surface area contributed by atoms with Crippen molar-refractivity contribution in [3.63, 3.8) is 0 Å². The smallest absolute Gasteiger partial charge is 0.187 e. The number of ketones is 2. The van der Waals surface area contributed by atoms with Gasteiger partial charge in [0, 0.05) is 11.1 Å². The van der Waals surface area contributed by atoms with Gasteiger partial charge in [-0.05, 0) is 29.7 Å². The van der Waals surface area contributed by atoms with E-state index in [0.29, 0.717) is 17.5 Å². The second kappa shape index (κ2) is 4.65. The van der Waals surface area contributed by atoms with Gasteiger partial charge in [0.05, 0.1) is 0 Å². The third-order valence-electron chi connectivity index (χ3n) is 3.29. The van der Waals surface area contributed by atoms with Crippen LogP contribution in [0.15, 0.2) is 60.7 Å². The number of carbonyl (C=O) groups excluding carboxylic acids is 2. The monoisotopic (exact) mass is 248 g/mol. The Morgan fingerprint density at radius 2 is 1.47 bits per heavy atom. The van der Waals surface area contributed by atoms with Crippen molar-refractivity contribution in [2.24, 2.45) is 0 Å². The summed E-state index contributed by atoms with van der Waals surface area (Å²) < 4.78 is 0. The van der Waals surface area contributed by atoms with Crippen LogP contribution in [0.5, 0.6) is 0 Å². The first kappa shape index (κ1) is 11.6. The van der Waals surface area contributed by atoms with E-state index in [2.05, 4.69) is 0 Å². The van der Waals surface area contributed by atoms with Crippen LogP contribution in [0, 0.1) is 0 Å². The summed E-state index contributed by atoms with van der Waals surface area (Å²) in [6.07, 6.45) is 3.37. The van der Waals surface area contributed by atoms with Gasteiger partial charge in [-0.25, -0.2) is 0 Å². The van der Waals surface area contributed by atoms with Crippen LogP contribution in [0.4, 0.5) is 0 Å². The Kier molecular flexibility index (Phi) is 2.84. The van der Waals surface area contributed by atoms with Crippen LogP contribution in [0.25, 0.3) is 0 Å². The molecule has 19 heavy (non-hydrogen) atoms. The van der Waals surface area contributed by atoms with Crippen molar-refractivity contribution in [3.05, 3.63) is 82.9 Å². The van der Waals surface area contributed by atoms with Crippen LogP contribution in [0.2, 0.25) is 0 Å². The molecule has 0 fully saturated rings. The summed E-state index contributed by atoms with van der Waals surface area (Å²) in [5, 5.41) is 0. The predicted octanol–water partition coefficient (Wildman–Crippen LogP) is 3.21. The van der Waals surface area contributed by atoms with Crippen molar-refractivity contribution in [2.75, 3.05) is 0 Å². The molecule has 92 valence electrons. The first-order valence-electron chi connectivity index (χ1n) is 6.18. The maximum Gasteiger partial charge on any atom is 0.187 e. The molecule has 2 heteroatoms. The maximum atomic E-state index is 12.0. The van der Waals surface area contributed by atoms with E-state index < -0.39 is 0 Å². The Balaban J connectivity index is 2.07. The molecule has 3 rings (SSSR count). The molecule has 0 heterocycles. The van der Waals surface area contributed by atoms with Gasteiger partial charge in [0.25, 0.3) is 0 Å². The molecule has 1 aliphatic carbocycles. The first-order valence-corrected chi connectivity index (χ1v) is 6.18. The van der Waals surface area contributed by atoms with Crippen molar-refractivity contribution in [1.82, 2.24) is 0 Å². The quantitative estimate of drug-likeness (QED) is 0.817. The number of benzene rings is 2. The summed E-state index contributed by atoms with van der Waals surface area (Å²) in [7, 11) is 0. The van der Waals surface area contributed by atoms with E-state index in [9.17, 15) is 9.59 Å². The Labute approximate surface area is 111 Å². The highest BCUT2D eigenvalue weighted by atomic mass is 16.1. The average molecular weight is 248 g/mol. The fourth-order valence-electron chi connectivity index (χ4n) is 2.38. The average Bonchev–Trinajstić information content (AvgIpc) is 2.44. The van der Waals surface area contributed by atoms with Gasteiger partial charge in [0.15, 0.2) is 11.6 Å². The largest absolute Gasteiger partial charge is 0.289 e. The number of allylic oxidation sites excluding steroid dienone is 2. The van der Waals surface area contributed by atoms with Gasteiger partial charge < -0.3 is 0 Å². The van der Waals surface area contributed by atoms with Gasteiger partial charge >= 0.3 is 0 Å². The third kappa shape index (κ3) is 2.13. The summed E-state index contributed by atoms with van der Waals surface area (Å²) >= 11 is 0. The summed E-state index contributed by atoms with van der Waals surface area (Å²) in [6, 6.07) is 15.4. The molecule has 0 atom stereocenters. The van der Waals surface area contributed by atoms with E-state index in [1.807, 2.05) is 42.5 Å². The minimum atomic E-state index is -0.0930. The summed E-state index contributed by atoms with van der Waals surface area (Å²) in [4.78, 5) is 23.8. The van der Waals surface area contributed by atoms with Crippen LogP contribution < -0.4 is 0 Å². The van der Waals surface area contributed by atoms with Gasteiger partial charge in [0.1, 0.15) is 0 Å². The van der Waals surface area contributed by atoms with Crippen molar-refractivity contribution < 1.29 is 9.59 Å². The van der Waals surface area contributed by atoms with Crippen LogP contribution in [-0.4, -0.2) is 11.6 Å². The molecular formula is C17H12O2. The minimum absolute atomic E-state index is 0.0823. The second-order valence-electron chi connectivity index (χ2n) is 4.56. The SMILES string of the molecule is O=C1C=CC(=O)c2c(Cc3ccccc3)cccc21. The fraction of sp³-hybridized carbons (Fsp3) is 0.0588. The zero-order valence-corrected chi connectivity index (χ0v) is 10.3. The van der Waals surface area contributed by atoms with E-state index in [1.54, 1.807) is 6.07 Å². The maximum absolute atomic E-state index is 12.0. The lowest BCUT2D eigenvalue weighted by atomic mass is 9.88. The van der Waals surface area contributed by atoms with Crippen molar-refractivity contribution in [2.45, 2.75) is 6.42 Å². The highest BCUT2D eigenvalue weighted by molar-refractivity contribution is 6.22. The summed E-state index contributed by atoms with van der Waals surface area (Å²) in [5.74, 6) is -0.175. The topological polar surface area (TPSA) is 34.1 Å². The van der Waals surface area contributed by atoms with Gasteiger partial charge in [-0.3, -0.25) is 9.59 Å². The summed E-state index contributed by atoms with van der Waals surface area (Å²) in [6.45, 7) is 0. The number of carbonyl (C=O) groups is 2. The van der Waals surface area contributed by atoms with Crippen LogP contribution in [0.1, 0.15) is 31.8 Å². The Hall–Kier alpha value is -2.48. The highest BCUT2D eigenvalue weighted by Gasteiger charge is 2.21. The standard InChI is InChI=1S/C17H12O2/c18-15-9-10-16(19)17-13(7-4-8-14(15)17)11-12-5-2-1-3-6-12/h1-10H,11H2. The third-order valence-corrected chi connectivity index (χ3v) is 3.29. The van der Waals surface area contributed by atoms with Gasteiger partial charge in [-0.15, -0.1) is 0 Å². The highest BCUT2D eigenvalue weighted by Crippen LogP contribution is 2.23. The molecule has 0 amide bonds. The first-order chi connectivity index (χ1) is 9.25. The summed E-state index contributed by atoms with van der Waals surface area (Å²) in [5.41, 5.74) is 3.11. The Morgan fingerprint density at radius 1 is 0.737 bits per heavy atom. The molecule has 0 spiro atoms. The molecule has 2 aromatic carbocycles. The number of hydrogen-bond acceptors (Lipinski definition) is 2. The van der Waals surface area contributed by atoms with Crippen molar-refractivity contribution in [3.8, 4) is 0 Å². The molecule has 0 radical (unpaired) electrons. The molecule has 0 aliphatic heterocycles. The zero-order valence-electron chi connectivity index (χ0n) is 10.3. The van der Waals surface area contributed by atoms with E-state index in [-0.39, 0.29) is 11.6 Å². The lowest BCUT2D eigenvalue weighted by molar-refractivity contribution is 0.0993. The van der Waals surface area contributed by atoms with Crippen LogP contribution >= 0.6 is 0 Å².